The Morgan fingerprint density at radius 2 is 1.95 bits per heavy atom. The van der Waals surface area contributed by atoms with Gasteiger partial charge in [-0.05, 0) is 12.1 Å². The van der Waals surface area contributed by atoms with Crippen molar-refractivity contribution in [3.05, 3.63) is 42.7 Å². The molecule has 6 nitrogen and oxygen atoms in total. The van der Waals surface area contributed by atoms with E-state index in [0.29, 0.717) is 11.6 Å². The van der Waals surface area contributed by atoms with Crippen LogP contribution in [0.4, 0.5) is 17.3 Å². The van der Waals surface area contributed by atoms with Crippen molar-refractivity contribution >= 4 is 23.3 Å². The quantitative estimate of drug-likeness (QED) is 0.850. The minimum atomic E-state index is -0.945. The Morgan fingerprint density at radius 1 is 1.26 bits per heavy atom. The van der Waals surface area contributed by atoms with Crippen molar-refractivity contribution in [3.63, 3.8) is 0 Å². The zero-order chi connectivity index (χ0) is 13.7. The van der Waals surface area contributed by atoms with Crippen molar-refractivity contribution in [1.29, 1.82) is 0 Å². The van der Waals surface area contributed by atoms with E-state index in [2.05, 4.69) is 15.3 Å². The molecule has 0 spiro atoms. The molecule has 0 unspecified atom stereocenters. The van der Waals surface area contributed by atoms with E-state index >= 15 is 0 Å². The summed E-state index contributed by atoms with van der Waals surface area (Å²) in [4.78, 5) is 20.8. The molecular weight excluding hydrogens is 244 g/mol. The number of carboxylic acids is 1. The molecule has 1 aromatic heterocycles. The summed E-state index contributed by atoms with van der Waals surface area (Å²) >= 11 is 0. The number of aliphatic carboxylic acids is 1. The molecule has 0 atom stereocenters. The molecule has 1 aromatic carbocycles. The van der Waals surface area contributed by atoms with Crippen LogP contribution in [-0.4, -0.2) is 34.6 Å². The van der Waals surface area contributed by atoms with Crippen molar-refractivity contribution < 1.29 is 9.90 Å². The average Bonchev–Trinajstić information content (AvgIpc) is 2.45. The first-order chi connectivity index (χ1) is 9.18. The normalized spacial score (nSPS) is 9.95. The van der Waals surface area contributed by atoms with Crippen LogP contribution in [0.25, 0.3) is 0 Å². The maximum Gasteiger partial charge on any atom is 0.322 e. The predicted molar refractivity (Wildman–Crippen MR) is 72.7 cm³/mol. The lowest BCUT2D eigenvalue weighted by Gasteiger charge is -2.20. The molecule has 2 rings (SSSR count). The van der Waals surface area contributed by atoms with Gasteiger partial charge >= 0.3 is 5.97 Å². The van der Waals surface area contributed by atoms with Gasteiger partial charge in [0.05, 0.1) is 0 Å². The number of para-hydroxylation sites is 1. The number of rotatable bonds is 5. The molecular formula is C13H14N4O2. The Hall–Kier alpha value is -2.63. The first kappa shape index (κ1) is 12.8. The maximum atomic E-state index is 10.6. The van der Waals surface area contributed by atoms with Crippen molar-refractivity contribution in [2.75, 3.05) is 23.8 Å². The first-order valence-electron chi connectivity index (χ1n) is 5.74. The van der Waals surface area contributed by atoms with Crippen LogP contribution in [0.15, 0.2) is 42.7 Å². The number of benzene rings is 1. The third-order valence-electron chi connectivity index (χ3n) is 2.55. The van der Waals surface area contributed by atoms with E-state index in [1.54, 1.807) is 6.20 Å². The highest BCUT2D eigenvalue weighted by Gasteiger charge is 2.12. The number of carboxylic acid groups (broad SMARTS) is 1. The van der Waals surface area contributed by atoms with E-state index in [4.69, 9.17) is 5.11 Å². The molecule has 0 aliphatic carbocycles. The van der Waals surface area contributed by atoms with E-state index in [-0.39, 0.29) is 6.54 Å². The zero-order valence-electron chi connectivity index (χ0n) is 10.4. The number of hydrogen-bond acceptors (Lipinski definition) is 5. The highest BCUT2D eigenvalue weighted by Crippen LogP contribution is 2.26. The summed E-state index contributed by atoms with van der Waals surface area (Å²) in [6.07, 6.45) is 3.09. The Morgan fingerprint density at radius 3 is 2.63 bits per heavy atom. The van der Waals surface area contributed by atoms with Gasteiger partial charge < -0.3 is 15.3 Å². The molecule has 98 valence electrons. The molecule has 2 aromatic rings. The van der Waals surface area contributed by atoms with Gasteiger partial charge in [0.2, 0.25) is 0 Å². The molecule has 0 fully saturated rings. The largest absolute Gasteiger partial charge is 0.480 e. The minimum absolute atomic E-state index is 0.200. The lowest BCUT2D eigenvalue weighted by molar-refractivity contribution is -0.134. The van der Waals surface area contributed by atoms with E-state index < -0.39 is 5.97 Å². The zero-order valence-corrected chi connectivity index (χ0v) is 10.4. The monoisotopic (exact) mass is 258 g/mol. The van der Waals surface area contributed by atoms with Crippen molar-refractivity contribution in [1.82, 2.24) is 9.97 Å². The van der Waals surface area contributed by atoms with E-state index in [1.807, 2.05) is 42.3 Å². The standard InChI is InChI=1S/C13H14N4O2/c1-17(10-5-3-2-4-6-10)13-12(14-7-8-15-13)16-9-11(18)19/h2-8H,9H2,1H3,(H,14,16)(H,18,19). The summed E-state index contributed by atoms with van der Waals surface area (Å²) in [6.45, 7) is -0.200. The second-order valence-electron chi connectivity index (χ2n) is 3.87. The number of carbonyl (C=O) groups is 1. The van der Waals surface area contributed by atoms with Crippen molar-refractivity contribution in [2.45, 2.75) is 0 Å². The number of hydrogen-bond donors (Lipinski definition) is 2. The lowest BCUT2D eigenvalue weighted by atomic mass is 10.3. The van der Waals surface area contributed by atoms with Crippen LogP contribution < -0.4 is 10.2 Å². The topological polar surface area (TPSA) is 78.4 Å². The van der Waals surface area contributed by atoms with E-state index in [0.717, 1.165) is 5.69 Å². The highest BCUT2D eigenvalue weighted by atomic mass is 16.4. The second-order valence-corrected chi connectivity index (χ2v) is 3.87. The third kappa shape index (κ3) is 3.19. The van der Waals surface area contributed by atoms with Crippen LogP contribution >= 0.6 is 0 Å². The second kappa shape index (κ2) is 5.81. The van der Waals surface area contributed by atoms with Crippen LogP contribution in [0.3, 0.4) is 0 Å². The Bertz CT molecular complexity index is 560. The SMILES string of the molecule is CN(c1ccccc1)c1nccnc1NCC(=O)O. The first-order valence-corrected chi connectivity index (χ1v) is 5.74. The summed E-state index contributed by atoms with van der Waals surface area (Å²) in [5.74, 6) is 0.0742. The molecule has 0 saturated heterocycles. The van der Waals surface area contributed by atoms with Gasteiger partial charge in [-0.25, -0.2) is 9.97 Å². The fraction of sp³-hybridized carbons (Fsp3) is 0.154. The van der Waals surface area contributed by atoms with Crippen LogP contribution in [0.1, 0.15) is 0 Å². The molecule has 0 aliphatic heterocycles. The smallest absolute Gasteiger partial charge is 0.322 e. The molecule has 1 heterocycles. The van der Waals surface area contributed by atoms with Gasteiger partial charge in [-0.15, -0.1) is 0 Å². The summed E-state index contributed by atoms with van der Waals surface area (Å²) in [7, 11) is 1.85. The molecule has 0 radical (unpaired) electrons. The van der Waals surface area contributed by atoms with Gasteiger partial charge in [-0.1, -0.05) is 18.2 Å². The van der Waals surface area contributed by atoms with Gasteiger partial charge in [0.15, 0.2) is 11.6 Å². The predicted octanol–water partition coefficient (Wildman–Crippen LogP) is 1.74. The third-order valence-corrected chi connectivity index (χ3v) is 2.55. The molecule has 0 saturated carbocycles. The van der Waals surface area contributed by atoms with Crippen molar-refractivity contribution in [3.8, 4) is 0 Å². The van der Waals surface area contributed by atoms with Gasteiger partial charge in [-0.2, -0.15) is 0 Å². The van der Waals surface area contributed by atoms with Crippen molar-refractivity contribution in [2.24, 2.45) is 0 Å². The Kier molecular flexibility index (Phi) is 3.92. The molecule has 2 N–H and O–H groups in total. The van der Waals surface area contributed by atoms with Crippen LogP contribution in [0.2, 0.25) is 0 Å². The molecule has 0 amide bonds. The summed E-state index contributed by atoms with van der Waals surface area (Å²) < 4.78 is 0. The lowest BCUT2D eigenvalue weighted by Crippen LogP contribution is -2.18. The molecule has 0 bridgehead atoms. The number of aromatic nitrogens is 2. The van der Waals surface area contributed by atoms with Crippen LogP contribution in [-0.2, 0) is 4.79 Å². The summed E-state index contributed by atoms with van der Waals surface area (Å²) in [5, 5.41) is 11.4. The van der Waals surface area contributed by atoms with Gasteiger partial charge in [0, 0.05) is 25.1 Å². The number of nitrogens with one attached hydrogen (secondary N) is 1. The summed E-state index contributed by atoms with van der Waals surface area (Å²) in [5.41, 5.74) is 0.946. The Balaban J connectivity index is 2.26. The molecule has 6 heteroatoms. The van der Waals surface area contributed by atoms with E-state index in [1.165, 1.54) is 6.20 Å². The molecule has 0 aliphatic rings. The van der Waals surface area contributed by atoms with E-state index in [9.17, 15) is 4.79 Å². The minimum Gasteiger partial charge on any atom is -0.480 e. The van der Waals surface area contributed by atoms with Crippen LogP contribution in [0.5, 0.6) is 0 Å². The number of nitrogens with zero attached hydrogens (tertiary/aromatic N) is 3. The van der Waals surface area contributed by atoms with Gasteiger partial charge in [0.25, 0.3) is 0 Å². The fourth-order valence-electron chi connectivity index (χ4n) is 1.63. The fourth-order valence-corrected chi connectivity index (χ4v) is 1.63. The Labute approximate surface area is 110 Å². The molecule has 19 heavy (non-hydrogen) atoms. The van der Waals surface area contributed by atoms with Gasteiger partial charge in [-0.3, -0.25) is 4.79 Å². The van der Waals surface area contributed by atoms with Crippen LogP contribution in [0, 0.1) is 0 Å². The highest BCUT2D eigenvalue weighted by molar-refractivity contribution is 5.76. The summed E-state index contributed by atoms with van der Waals surface area (Å²) in [6, 6.07) is 9.65. The van der Waals surface area contributed by atoms with Gasteiger partial charge in [0.1, 0.15) is 6.54 Å². The maximum absolute atomic E-state index is 10.6. The average molecular weight is 258 g/mol. The number of anilines is 3.